The molecule has 1 aromatic carbocycles. The molecule has 1 heterocycles. The molecule has 0 atom stereocenters. The van der Waals surface area contributed by atoms with Crippen molar-refractivity contribution in [3.05, 3.63) is 34.1 Å². The summed E-state index contributed by atoms with van der Waals surface area (Å²) in [4.78, 5) is 4.75. The fourth-order valence-corrected chi connectivity index (χ4v) is 3.02. The number of halogens is 3. The summed E-state index contributed by atoms with van der Waals surface area (Å²) >= 11 is 6.74. The molecule has 0 radical (unpaired) electrons. The van der Waals surface area contributed by atoms with Gasteiger partial charge in [0, 0.05) is 54.6 Å². The van der Waals surface area contributed by atoms with Gasteiger partial charge in [-0.2, -0.15) is 0 Å². The summed E-state index contributed by atoms with van der Waals surface area (Å²) in [7, 11) is 0. The van der Waals surface area contributed by atoms with Gasteiger partial charge in [-0.15, -0.1) is 0 Å². The number of hydrogen-bond acceptors (Lipinski definition) is 2. The largest absolute Gasteiger partial charge is 0.300 e. The summed E-state index contributed by atoms with van der Waals surface area (Å²) < 4.78 is 14.5. The Morgan fingerprint density at radius 1 is 1.11 bits per heavy atom. The Kier molecular flexibility index (Phi) is 5.60. The van der Waals surface area contributed by atoms with E-state index in [1.165, 1.54) is 6.07 Å². The fraction of sp³-hybridized carbons (Fsp3) is 0.538. The summed E-state index contributed by atoms with van der Waals surface area (Å²) in [6.07, 6.45) is 0. The molecule has 2 nitrogen and oxygen atoms in total. The van der Waals surface area contributed by atoms with Crippen LogP contribution in [0.4, 0.5) is 4.39 Å². The minimum absolute atomic E-state index is 0.118. The predicted molar refractivity (Wildman–Crippen MR) is 79.6 cm³/mol. The lowest BCUT2D eigenvalue weighted by atomic mass is 10.2. The molecule has 0 unspecified atom stereocenters. The van der Waals surface area contributed by atoms with E-state index in [1.807, 2.05) is 12.1 Å². The Morgan fingerprint density at radius 3 is 2.39 bits per heavy atom. The molecule has 18 heavy (non-hydrogen) atoms. The maximum absolute atomic E-state index is 13.7. The zero-order valence-electron chi connectivity index (χ0n) is 10.2. The number of rotatable bonds is 4. The van der Waals surface area contributed by atoms with Crippen LogP contribution in [0.1, 0.15) is 5.56 Å². The summed E-state index contributed by atoms with van der Waals surface area (Å²) in [6.45, 7) is 5.99. The van der Waals surface area contributed by atoms with Crippen molar-refractivity contribution in [3.8, 4) is 0 Å². The van der Waals surface area contributed by atoms with Crippen molar-refractivity contribution in [2.75, 3.05) is 38.1 Å². The minimum atomic E-state index is -0.118. The van der Waals surface area contributed by atoms with E-state index in [0.29, 0.717) is 6.54 Å². The average Bonchev–Trinajstić information content (AvgIpc) is 2.35. The number of nitrogens with zero attached hydrogens (tertiary/aromatic N) is 2. The highest BCUT2D eigenvalue weighted by Gasteiger charge is 2.17. The number of alkyl halides is 1. The van der Waals surface area contributed by atoms with Crippen LogP contribution in [-0.2, 0) is 6.54 Å². The molecule has 1 aliphatic rings. The van der Waals surface area contributed by atoms with Crippen LogP contribution in [0, 0.1) is 5.82 Å². The Labute approximate surface area is 124 Å². The van der Waals surface area contributed by atoms with Crippen LogP contribution in [0.2, 0.25) is 0 Å². The fourth-order valence-electron chi connectivity index (χ4n) is 2.18. The number of piperazine rings is 1. The summed E-state index contributed by atoms with van der Waals surface area (Å²) in [5.74, 6) is -0.118. The molecule has 2 rings (SSSR count). The van der Waals surface area contributed by atoms with Gasteiger partial charge in [0.05, 0.1) is 0 Å². The molecule has 0 saturated carbocycles. The van der Waals surface area contributed by atoms with Crippen molar-refractivity contribution in [3.63, 3.8) is 0 Å². The lowest BCUT2D eigenvalue weighted by Gasteiger charge is -2.34. The van der Waals surface area contributed by atoms with Gasteiger partial charge < -0.3 is 0 Å². The van der Waals surface area contributed by atoms with Crippen molar-refractivity contribution in [2.45, 2.75) is 6.54 Å². The molecule has 0 spiro atoms. The van der Waals surface area contributed by atoms with Crippen LogP contribution in [0.5, 0.6) is 0 Å². The molecule has 0 N–H and O–H groups in total. The Bertz CT molecular complexity index is 393. The van der Waals surface area contributed by atoms with E-state index in [1.54, 1.807) is 0 Å². The first-order valence-electron chi connectivity index (χ1n) is 6.13. The van der Waals surface area contributed by atoms with E-state index < -0.39 is 0 Å². The van der Waals surface area contributed by atoms with E-state index in [2.05, 4.69) is 41.7 Å². The first-order valence-corrected chi connectivity index (χ1v) is 8.05. The Balaban J connectivity index is 1.87. The quantitative estimate of drug-likeness (QED) is 0.741. The van der Waals surface area contributed by atoms with E-state index in [9.17, 15) is 4.39 Å². The first-order chi connectivity index (χ1) is 8.69. The molecule has 0 aromatic heterocycles. The van der Waals surface area contributed by atoms with Gasteiger partial charge in [-0.1, -0.05) is 37.9 Å². The van der Waals surface area contributed by atoms with E-state index in [4.69, 9.17) is 0 Å². The standard InChI is InChI=1S/C13H17Br2FN2/c14-3-4-17-5-7-18(8-6-17)10-11-1-2-12(15)9-13(11)16/h1-2,9H,3-8,10H2. The second-order valence-electron chi connectivity index (χ2n) is 4.54. The molecule has 1 aromatic rings. The third-order valence-corrected chi connectivity index (χ3v) is 4.12. The predicted octanol–water partition coefficient (Wildman–Crippen LogP) is 3.10. The molecule has 0 aliphatic carbocycles. The second kappa shape index (κ2) is 6.98. The lowest BCUT2D eigenvalue weighted by molar-refractivity contribution is 0.132. The molecular weight excluding hydrogens is 363 g/mol. The van der Waals surface area contributed by atoms with Crippen LogP contribution in [0.25, 0.3) is 0 Å². The molecule has 5 heteroatoms. The second-order valence-corrected chi connectivity index (χ2v) is 6.25. The highest BCUT2D eigenvalue weighted by atomic mass is 79.9. The maximum atomic E-state index is 13.7. The van der Waals surface area contributed by atoms with Gasteiger partial charge in [0.15, 0.2) is 0 Å². The topological polar surface area (TPSA) is 6.48 Å². The van der Waals surface area contributed by atoms with Gasteiger partial charge in [-0.3, -0.25) is 9.80 Å². The third kappa shape index (κ3) is 4.02. The SMILES string of the molecule is Fc1cc(Br)ccc1CN1CCN(CCBr)CC1. The smallest absolute Gasteiger partial charge is 0.128 e. The first kappa shape index (κ1) is 14.4. The van der Waals surface area contributed by atoms with Gasteiger partial charge >= 0.3 is 0 Å². The van der Waals surface area contributed by atoms with Crippen LogP contribution >= 0.6 is 31.9 Å². The highest BCUT2D eigenvalue weighted by Crippen LogP contribution is 2.17. The maximum Gasteiger partial charge on any atom is 0.128 e. The van der Waals surface area contributed by atoms with Crippen LogP contribution in [0.3, 0.4) is 0 Å². The van der Waals surface area contributed by atoms with Gasteiger partial charge in [0.2, 0.25) is 0 Å². The molecule has 100 valence electrons. The highest BCUT2D eigenvalue weighted by molar-refractivity contribution is 9.10. The normalized spacial score (nSPS) is 18.2. The van der Waals surface area contributed by atoms with Crippen molar-refractivity contribution in [1.29, 1.82) is 0 Å². The molecule has 1 saturated heterocycles. The van der Waals surface area contributed by atoms with E-state index >= 15 is 0 Å². The monoisotopic (exact) mass is 378 g/mol. The lowest BCUT2D eigenvalue weighted by Crippen LogP contribution is -2.46. The summed E-state index contributed by atoms with van der Waals surface area (Å²) in [6, 6.07) is 5.31. The molecular formula is C13H17Br2FN2. The van der Waals surface area contributed by atoms with Gasteiger partial charge in [-0.05, 0) is 12.1 Å². The van der Waals surface area contributed by atoms with E-state index in [-0.39, 0.29) is 5.82 Å². The van der Waals surface area contributed by atoms with Crippen LogP contribution in [-0.4, -0.2) is 47.9 Å². The number of benzene rings is 1. The molecule has 0 amide bonds. The third-order valence-electron chi connectivity index (χ3n) is 3.27. The Morgan fingerprint density at radius 2 is 1.78 bits per heavy atom. The Hall–Kier alpha value is 0.0300. The van der Waals surface area contributed by atoms with Crippen LogP contribution in [0.15, 0.2) is 22.7 Å². The summed E-state index contributed by atoms with van der Waals surface area (Å²) in [5, 5.41) is 1.02. The van der Waals surface area contributed by atoms with E-state index in [0.717, 1.165) is 48.1 Å². The van der Waals surface area contributed by atoms with Crippen molar-refractivity contribution < 1.29 is 4.39 Å². The molecule has 0 bridgehead atoms. The van der Waals surface area contributed by atoms with Crippen molar-refractivity contribution >= 4 is 31.9 Å². The van der Waals surface area contributed by atoms with Gasteiger partial charge in [-0.25, -0.2) is 4.39 Å². The van der Waals surface area contributed by atoms with Crippen molar-refractivity contribution in [1.82, 2.24) is 9.80 Å². The van der Waals surface area contributed by atoms with Crippen LogP contribution < -0.4 is 0 Å². The average molecular weight is 380 g/mol. The molecule has 1 aliphatic heterocycles. The zero-order valence-corrected chi connectivity index (χ0v) is 13.4. The zero-order chi connectivity index (χ0) is 13.0. The van der Waals surface area contributed by atoms with Gasteiger partial charge in [0.25, 0.3) is 0 Å². The van der Waals surface area contributed by atoms with Crippen molar-refractivity contribution in [2.24, 2.45) is 0 Å². The molecule has 1 fully saturated rings. The summed E-state index contributed by atoms with van der Waals surface area (Å²) in [5.41, 5.74) is 0.784. The minimum Gasteiger partial charge on any atom is -0.300 e. The number of hydrogen-bond donors (Lipinski definition) is 0. The van der Waals surface area contributed by atoms with Gasteiger partial charge in [0.1, 0.15) is 5.82 Å².